The quantitative estimate of drug-likeness (QED) is 0.191. The highest BCUT2D eigenvalue weighted by Crippen LogP contribution is 2.64. The first-order valence-electron chi connectivity index (χ1n) is 12.6. The van der Waals surface area contributed by atoms with Gasteiger partial charge in [0.05, 0.1) is 12.3 Å². The summed E-state index contributed by atoms with van der Waals surface area (Å²) < 4.78 is 0.854. The first kappa shape index (κ1) is 24.2. The first-order valence-corrected chi connectivity index (χ1v) is 13.7. The monoisotopic (exact) mass is 594 g/mol. The van der Waals surface area contributed by atoms with Crippen LogP contribution in [-0.4, -0.2) is 34.6 Å². The number of rotatable bonds is 3. The Morgan fingerprint density at radius 2 is 1.44 bits per heavy atom. The number of ketones is 3. The lowest BCUT2D eigenvalue weighted by Crippen LogP contribution is -2.43. The molecule has 2 aliphatic heterocycles. The molecule has 190 valence electrons. The van der Waals surface area contributed by atoms with Crippen molar-refractivity contribution < 1.29 is 14.4 Å². The van der Waals surface area contributed by atoms with Crippen LogP contribution in [0.3, 0.4) is 0 Å². The van der Waals surface area contributed by atoms with Gasteiger partial charge < -0.3 is 0 Å². The second-order valence-corrected chi connectivity index (χ2v) is 11.4. The molecule has 0 amide bonds. The zero-order chi connectivity index (χ0) is 26.9. The zero-order valence-corrected chi connectivity index (χ0v) is 22.8. The number of Topliss-reactive ketones (excluding diaryl/α,β-unsaturated/α-hetero) is 3. The minimum absolute atomic E-state index is 0.227. The van der Waals surface area contributed by atoms with Crippen LogP contribution in [0.1, 0.15) is 59.7 Å². The summed E-state index contributed by atoms with van der Waals surface area (Å²) in [5, 5.41) is 6.98. The van der Waals surface area contributed by atoms with Crippen LogP contribution in [0.25, 0.3) is 0 Å². The largest absolute Gasteiger partial charge is 0.293 e. The molecule has 1 spiro atoms. The normalized spacial score (nSPS) is 22.1. The molecule has 1 saturated heterocycles. The molecule has 39 heavy (non-hydrogen) atoms. The minimum atomic E-state index is -1.59. The number of hydrazone groups is 1. The Balaban J connectivity index is 1.55. The van der Waals surface area contributed by atoms with Gasteiger partial charge >= 0.3 is 0 Å². The van der Waals surface area contributed by atoms with Crippen molar-refractivity contribution in [2.75, 3.05) is 0 Å². The zero-order valence-electron chi connectivity index (χ0n) is 20.4. The number of benzene rings is 4. The summed E-state index contributed by atoms with van der Waals surface area (Å²) in [5.41, 5.74) is 1.97. The van der Waals surface area contributed by atoms with Gasteiger partial charge in [-0.25, -0.2) is 0 Å². The molecule has 4 aromatic carbocycles. The second-order valence-electron chi connectivity index (χ2n) is 10.1. The van der Waals surface area contributed by atoms with Gasteiger partial charge in [0.2, 0.25) is 0 Å². The third-order valence-corrected chi connectivity index (χ3v) is 8.98. The fourth-order valence-electron chi connectivity index (χ4n) is 6.60. The lowest BCUT2D eigenvalue weighted by Gasteiger charge is -2.36. The highest BCUT2D eigenvalue weighted by molar-refractivity contribution is 9.10. The Morgan fingerprint density at radius 3 is 2.10 bits per heavy atom. The number of nitrogens with zero attached hydrogens (tertiary/aromatic N) is 2. The van der Waals surface area contributed by atoms with Gasteiger partial charge in [0, 0.05) is 32.1 Å². The molecular weight excluding hydrogens is 576 g/mol. The SMILES string of the molecule is O=C(c1ccc(Cl)cc1)[C@H]1[C@H](c2ccc(Br)cc2)C2(C(=O)c3ccccc3C2=O)C2c3ccccc3C=NN21. The van der Waals surface area contributed by atoms with E-state index in [9.17, 15) is 14.4 Å². The first-order chi connectivity index (χ1) is 18.9. The molecule has 1 aliphatic carbocycles. The summed E-state index contributed by atoms with van der Waals surface area (Å²) >= 11 is 9.63. The van der Waals surface area contributed by atoms with E-state index in [0.29, 0.717) is 21.7 Å². The fourth-order valence-corrected chi connectivity index (χ4v) is 6.99. The second kappa shape index (κ2) is 8.83. The van der Waals surface area contributed by atoms with Crippen molar-refractivity contribution in [2.45, 2.75) is 18.0 Å². The van der Waals surface area contributed by atoms with Gasteiger partial charge in [0.1, 0.15) is 11.5 Å². The molecule has 2 heterocycles. The van der Waals surface area contributed by atoms with Crippen molar-refractivity contribution in [3.8, 4) is 0 Å². The van der Waals surface area contributed by atoms with Crippen molar-refractivity contribution in [3.05, 3.63) is 140 Å². The Hall–Kier alpha value is -3.87. The molecule has 1 fully saturated rings. The molecule has 3 atom stereocenters. The predicted molar refractivity (Wildman–Crippen MR) is 153 cm³/mol. The Morgan fingerprint density at radius 1 is 0.821 bits per heavy atom. The maximum Gasteiger partial charge on any atom is 0.187 e. The molecule has 3 aliphatic rings. The lowest BCUT2D eigenvalue weighted by molar-refractivity contribution is 0.0586. The Kier molecular flexibility index (Phi) is 5.48. The molecule has 0 N–H and O–H groups in total. The molecule has 0 radical (unpaired) electrons. The van der Waals surface area contributed by atoms with Crippen molar-refractivity contribution in [3.63, 3.8) is 0 Å². The summed E-state index contributed by atoms with van der Waals surface area (Å²) in [6, 6.07) is 27.1. The average molecular weight is 596 g/mol. The van der Waals surface area contributed by atoms with Crippen LogP contribution in [0.5, 0.6) is 0 Å². The summed E-state index contributed by atoms with van der Waals surface area (Å²) in [6.07, 6.45) is 1.71. The van der Waals surface area contributed by atoms with Crippen LogP contribution in [-0.2, 0) is 0 Å². The number of carbonyl (C=O) groups excluding carboxylic acids is 3. The maximum atomic E-state index is 14.7. The molecule has 7 rings (SSSR count). The van der Waals surface area contributed by atoms with E-state index in [1.807, 2.05) is 48.5 Å². The van der Waals surface area contributed by atoms with E-state index in [0.717, 1.165) is 21.2 Å². The lowest BCUT2D eigenvalue weighted by atomic mass is 9.63. The molecule has 5 nitrogen and oxygen atoms in total. The van der Waals surface area contributed by atoms with E-state index in [1.54, 1.807) is 59.8 Å². The smallest absolute Gasteiger partial charge is 0.187 e. The number of hydrogen-bond donors (Lipinski definition) is 0. The summed E-state index contributed by atoms with van der Waals surface area (Å²) in [7, 11) is 0. The van der Waals surface area contributed by atoms with E-state index in [-0.39, 0.29) is 17.3 Å². The third kappa shape index (κ3) is 3.31. The predicted octanol–water partition coefficient (Wildman–Crippen LogP) is 6.91. The van der Waals surface area contributed by atoms with Crippen LogP contribution >= 0.6 is 27.5 Å². The highest BCUT2D eigenvalue weighted by Gasteiger charge is 2.72. The van der Waals surface area contributed by atoms with Gasteiger partial charge in [-0.15, -0.1) is 0 Å². The number of halogens is 2. The molecule has 4 aromatic rings. The van der Waals surface area contributed by atoms with Crippen LogP contribution in [0, 0.1) is 5.41 Å². The average Bonchev–Trinajstić information content (AvgIpc) is 3.40. The Labute approximate surface area is 238 Å². The minimum Gasteiger partial charge on any atom is -0.293 e. The standard InChI is InChI=1S/C32H20BrClN2O3/c33-21-13-9-18(10-14-21)26-27(28(37)19-11-15-22(34)16-12-19)36-29(23-6-2-1-5-20(23)17-35-36)32(26)30(38)24-7-3-4-8-25(24)31(32)39/h1-17,26-27,29H/t26-,27+,29?/m0/s1. The van der Waals surface area contributed by atoms with Crippen molar-refractivity contribution in [1.29, 1.82) is 0 Å². The van der Waals surface area contributed by atoms with Gasteiger partial charge in [-0.1, -0.05) is 88.2 Å². The van der Waals surface area contributed by atoms with Crippen molar-refractivity contribution in [1.82, 2.24) is 5.01 Å². The number of carbonyl (C=O) groups is 3. The van der Waals surface area contributed by atoms with Gasteiger partial charge in [0.25, 0.3) is 0 Å². The molecule has 0 saturated carbocycles. The fraction of sp³-hybridized carbons (Fsp3) is 0.125. The molecule has 0 aromatic heterocycles. The molecule has 1 unspecified atom stereocenters. The van der Waals surface area contributed by atoms with Crippen LogP contribution in [0.4, 0.5) is 0 Å². The summed E-state index contributed by atoms with van der Waals surface area (Å²) in [5.74, 6) is -1.57. The maximum absolute atomic E-state index is 14.7. The topological polar surface area (TPSA) is 66.8 Å². The van der Waals surface area contributed by atoms with Crippen molar-refractivity contribution >= 4 is 51.1 Å². The van der Waals surface area contributed by atoms with E-state index in [4.69, 9.17) is 16.7 Å². The van der Waals surface area contributed by atoms with Gasteiger partial charge in [-0.3, -0.25) is 19.4 Å². The third-order valence-electron chi connectivity index (χ3n) is 8.20. The van der Waals surface area contributed by atoms with E-state index >= 15 is 0 Å². The highest BCUT2D eigenvalue weighted by atomic mass is 79.9. The number of fused-ring (bicyclic) bond motifs is 5. The van der Waals surface area contributed by atoms with Crippen molar-refractivity contribution in [2.24, 2.45) is 10.5 Å². The molecule has 0 bridgehead atoms. The molecular formula is C32H20BrClN2O3. The number of hydrogen-bond acceptors (Lipinski definition) is 5. The van der Waals surface area contributed by atoms with Crippen LogP contribution in [0.15, 0.2) is 107 Å². The van der Waals surface area contributed by atoms with E-state index < -0.39 is 23.4 Å². The summed E-state index contributed by atoms with van der Waals surface area (Å²) in [6.45, 7) is 0. The Bertz CT molecular complexity index is 1680. The molecule has 7 heteroatoms. The van der Waals surface area contributed by atoms with Gasteiger partial charge in [-0.05, 0) is 53.1 Å². The van der Waals surface area contributed by atoms with E-state index in [1.165, 1.54) is 0 Å². The van der Waals surface area contributed by atoms with Gasteiger partial charge in [-0.2, -0.15) is 5.10 Å². The van der Waals surface area contributed by atoms with Crippen LogP contribution in [0.2, 0.25) is 5.02 Å². The van der Waals surface area contributed by atoms with Crippen LogP contribution < -0.4 is 0 Å². The van der Waals surface area contributed by atoms with E-state index in [2.05, 4.69) is 15.9 Å². The van der Waals surface area contributed by atoms with Gasteiger partial charge in [0.15, 0.2) is 17.3 Å². The summed E-state index contributed by atoms with van der Waals surface area (Å²) in [4.78, 5) is 43.7.